The van der Waals surface area contributed by atoms with Crippen LogP contribution >= 0.6 is 0 Å². The van der Waals surface area contributed by atoms with E-state index in [9.17, 15) is 4.79 Å². The fourth-order valence-electron chi connectivity index (χ4n) is 2.36. The number of hydrogen-bond acceptors (Lipinski definition) is 4. The summed E-state index contributed by atoms with van der Waals surface area (Å²) in [6, 6.07) is 5.12. The Bertz CT molecular complexity index is 469. The highest BCUT2D eigenvalue weighted by Crippen LogP contribution is 2.27. The van der Waals surface area contributed by atoms with Crippen molar-refractivity contribution in [2.45, 2.75) is 31.9 Å². The van der Waals surface area contributed by atoms with Gasteiger partial charge < -0.3 is 19.5 Å². The van der Waals surface area contributed by atoms with Crippen molar-refractivity contribution in [1.29, 1.82) is 0 Å². The normalized spacial score (nSPS) is 19.4. The lowest BCUT2D eigenvalue weighted by Crippen LogP contribution is -2.40. The molecule has 1 aromatic rings. The second kappa shape index (κ2) is 6.61. The average molecular weight is 279 g/mol. The second-order valence-corrected chi connectivity index (χ2v) is 4.88. The standard InChI is InChI=1S/C15H21NO4/c1-10(12-5-4-8-20-12)16-15(17)11-6-7-13(18-2)14(9-11)19-3/h6-7,9-10,12H,4-5,8H2,1-3H3,(H,16,17)/t10-,12-/m1/s1. The maximum atomic E-state index is 12.2. The summed E-state index contributed by atoms with van der Waals surface area (Å²) >= 11 is 0. The van der Waals surface area contributed by atoms with Gasteiger partial charge in [0.2, 0.25) is 0 Å². The van der Waals surface area contributed by atoms with Crippen molar-refractivity contribution in [2.75, 3.05) is 20.8 Å². The van der Waals surface area contributed by atoms with Crippen LogP contribution in [0.5, 0.6) is 11.5 Å². The van der Waals surface area contributed by atoms with Crippen molar-refractivity contribution in [3.8, 4) is 11.5 Å². The van der Waals surface area contributed by atoms with Gasteiger partial charge in [0.1, 0.15) is 0 Å². The number of hydrogen-bond donors (Lipinski definition) is 1. The second-order valence-electron chi connectivity index (χ2n) is 4.88. The molecule has 1 aromatic carbocycles. The topological polar surface area (TPSA) is 56.8 Å². The van der Waals surface area contributed by atoms with Crippen LogP contribution in [-0.2, 0) is 4.74 Å². The molecule has 1 amide bonds. The molecule has 2 rings (SSSR count). The van der Waals surface area contributed by atoms with Crippen LogP contribution in [-0.4, -0.2) is 38.9 Å². The molecule has 5 nitrogen and oxygen atoms in total. The van der Waals surface area contributed by atoms with E-state index in [1.165, 1.54) is 0 Å². The van der Waals surface area contributed by atoms with Crippen LogP contribution in [0.2, 0.25) is 0 Å². The monoisotopic (exact) mass is 279 g/mol. The summed E-state index contributed by atoms with van der Waals surface area (Å²) in [5.74, 6) is 1.02. The molecule has 0 radical (unpaired) electrons. The highest BCUT2D eigenvalue weighted by atomic mass is 16.5. The van der Waals surface area contributed by atoms with E-state index in [1.807, 2.05) is 6.92 Å². The van der Waals surface area contributed by atoms with Crippen LogP contribution < -0.4 is 14.8 Å². The molecule has 1 heterocycles. The summed E-state index contributed by atoms with van der Waals surface area (Å²) in [5, 5.41) is 2.97. The predicted molar refractivity (Wildman–Crippen MR) is 75.4 cm³/mol. The number of nitrogens with one attached hydrogen (secondary N) is 1. The number of benzene rings is 1. The van der Waals surface area contributed by atoms with Crippen molar-refractivity contribution < 1.29 is 19.0 Å². The molecular weight excluding hydrogens is 258 g/mol. The molecule has 0 aliphatic carbocycles. The summed E-state index contributed by atoms with van der Waals surface area (Å²) in [5.41, 5.74) is 0.549. The van der Waals surface area contributed by atoms with Crippen molar-refractivity contribution >= 4 is 5.91 Å². The molecular formula is C15H21NO4. The van der Waals surface area contributed by atoms with Crippen LogP contribution in [0.4, 0.5) is 0 Å². The Morgan fingerprint density at radius 3 is 2.70 bits per heavy atom. The first-order valence-electron chi connectivity index (χ1n) is 6.80. The van der Waals surface area contributed by atoms with E-state index in [4.69, 9.17) is 14.2 Å². The summed E-state index contributed by atoms with van der Waals surface area (Å²) in [6.45, 7) is 2.75. The van der Waals surface area contributed by atoms with Gasteiger partial charge in [-0.1, -0.05) is 0 Å². The van der Waals surface area contributed by atoms with E-state index in [0.29, 0.717) is 17.1 Å². The zero-order valence-corrected chi connectivity index (χ0v) is 12.1. The number of carbonyl (C=O) groups excluding carboxylic acids is 1. The molecule has 0 bridgehead atoms. The molecule has 110 valence electrons. The zero-order valence-electron chi connectivity index (χ0n) is 12.1. The minimum atomic E-state index is -0.131. The third-order valence-corrected chi connectivity index (χ3v) is 3.53. The Morgan fingerprint density at radius 1 is 1.35 bits per heavy atom. The quantitative estimate of drug-likeness (QED) is 0.895. The van der Waals surface area contributed by atoms with Crippen LogP contribution in [0, 0.1) is 0 Å². The van der Waals surface area contributed by atoms with Crippen LogP contribution in [0.3, 0.4) is 0 Å². The Labute approximate surface area is 119 Å². The van der Waals surface area contributed by atoms with E-state index in [-0.39, 0.29) is 18.1 Å². The van der Waals surface area contributed by atoms with Gasteiger partial charge in [-0.05, 0) is 38.0 Å². The maximum absolute atomic E-state index is 12.2. The predicted octanol–water partition coefficient (Wildman–Crippen LogP) is 2.00. The lowest BCUT2D eigenvalue weighted by molar-refractivity contribution is 0.0712. The molecule has 0 spiro atoms. The van der Waals surface area contributed by atoms with Gasteiger partial charge in [-0.15, -0.1) is 0 Å². The molecule has 1 N–H and O–H groups in total. The van der Waals surface area contributed by atoms with Crippen molar-refractivity contribution in [2.24, 2.45) is 0 Å². The molecule has 2 atom stereocenters. The Kier molecular flexibility index (Phi) is 4.84. The number of amides is 1. The fraction of sp³-hybridized carbons (Fsp3) is 0.533. The van der Waals surface area contributed by atoms with E-state index in [2.05, 4.69) is 5.32 Å². The number of methoxy groups -OCH3 is 2. The third kappa shape index (κ3) is 3.22. The molecule has 1 saturated heterocycles. The molecule has 20 heavy (non-hydrogen) atoms. The first kappa shape index (κ1) is 14.7. The number of rotatable bonds is 5. The minimum Gasteiger partial charge on any atom is -0.493 e. The molecule has 0 saturated carbocycles. The van der Waals surface area contributed by atoms with Gasteiger partial charge in [0, 0.05) is 12.2 Å². The van der Waals surface area contributed by atoms with Gasteiger partial charge in [0.05, 0.1) is 26.4 Å². The summed E-state index contributed by atoms with van der Waals surface area (Å²) in [4.78, 5) is 12.2. The molecule has 5 heteroatoms. The highest BCUT2D eigenvalue weighted by Gasteiger charge is 2.24. The first-order valence-corrected chi connectivity index (χ1v) is 6.80. The number of ether oxygens (including phenoxy) is 3. The van der Waals surface area contributed by atoms with Gasteiger partial charge >= 0.3 is 0 Å². The first-order chi connectivity index (χ1) is 9.65. The maximum Gasteiger partial charge on any atom is 0.251 e. The van der Waals surface area contributed by atoms with E-state index >= 15 is 0 Å². The minimum absolute atomic E-state index is 0.00176. The lowest BCUT2D eigenvalue weighted by Gasteiger charge is -2.20. The molecule has 1 aliphatic heterocycles. The molecule has 1 fully saturated rings. The molecule has 1 aliphatic rings. The Hall–Kier alpha value is -1.75. The van der Waals surface area contributed by atoms with Crippen molar-refractivity contribution in [1.82, 2.24) is 5.32 Å². The summed E-state index contributed by atoms with van der Waals surface area (Å²) in [7, 11) is 3.12. The Balaban J connectivity index is 2.04. The summed E-state index contributed by atoms with van der Waals surface area (Å²) in [6.07, 6.45) is 2.16. The van der Waals surface area contributed by atoms with Crippen LogP contribution in [0.1, 0.15) is 30.1 Å². The van der Waals surface area contributed by atoms with Crippen molar-refractivity contribution in [3.63, 3.8) is 0 Å². The van der Waals surface area contributed by atoms with Gasteiger partial charge in [-0.2, -0.15) is 0 Å². The van der Waals surface area contributed by atoms with E-state index < -0.39 is 0 Å². The SMILES string of the molecule is COc1ccc(C(=O)N[C@H](C)[C@H]2CCCO2)cc1OC. The average Bonchev–Trinajstić information content (AvgIpc) is 3.00. The highest BCUT2D eigenvalue weighted by molar-refractivity contribution is 5.95. The van der Waals surface area contributed by atoms with Gasteiger partial charge in [-0.25, -0.2) is 0 Å². The number of carbonyl (C=O) groups is 1. The van der Waals surface area contributed by atoms with Crippen LogP contribution in [0.15, 0.2) is 18.2 Å². The fourth-order valence-corrected chi connectivity index (χ4v) is 2.36. The van der Waals surface area contributed by atoms with Crippen molar-refractivity contribution in [3.05, 3.63) is 23.8 Å². The van der Waals surface area contributed by atoms with Gasteiger partial charge in [0.15, 0.2) is 11.5 Å². The zero-order chi connectivity index (χ0) is 14.5. The Morgan fingerprint density at radius 2 is 2.10 bits per heavy atom. The van der Waals surface area contributed by atoms with E-state index in [1.54, 1.807) is 32.4 Å². The van der Waals surface area contributed by atoms with Crippen LogP contribution in [0.25, 0.3) is 0 Å². The molecule has 0 aromatic heterocycles. The lowest BCUT2D eigenvalue weighted by atomic mass is 10.1. The largest absolute Gasteiger partial charge is 0.493 e. The van der Waals surface area contributed by atoms with Gasteiger partial charge in [0.25, 0.3) is 5.91 Å². The summed E-state index contributed by atoms with van der Waals surface area (Å²) < 4.78 is 15.9. The third-order valence-electron chi connectivity index (χ3n) is 3.53. The van der Waals surface area contributed by atoms with Gasteiger partial charge in [-0.3, -0.25) is 4.79 Å². The smallest absolute Gasteiger partial charge is 0.251 e. The van der Waals surface area contributed by atoms with E-state index in [0.717, 1.165) is 19.4 Å². The molecule has 0 unspecified atom stereocenters.